The maximum absolute atomic E-state index is 11.8. The largest absolute Gasteiger partial charge is 0.316 e. The minimum Gasteiger partial charge on any atom is -0.316 e. The number of amides is 1. The van der Waals surface area contributed by atoms with Crippen molar-refractivity contribution in [3.8, 4) is 0 Å². The lowest BCUT2D eigenvalue weighted by molar-refractivity contribution is -0.119. The predicted octanol–water partition coefficient (Wildman–Crippen LogP) is 0.641. The molecule has 0 radical (unpaired) electrons. The molecule has 0 saturated carbocycles. The van der Waals surface area contributed by atoms with Crippen LogP contribution in [0.5, 0.6) is 0 Å². The van der Waals surface area contributed by atoms with E-state index in [4.69, 9.17) is 0 Å². The predicted molar refractivity (Wildman–Crippen MR) is 61.1 cm³/mol. The van der Waals surface area contributed by atoms with Crippen LogP contribution in [0.15, 0.2) is 6.07 Å². The van der Waals surface area contributed by atoms with Crippen LogP contribution in [-0.2, 0) is 4.79 Å². The number of nitrogens with zero attached hydrogens (tertiary/aromatic N) is 2. The van der Waals surface area contributed by atoms with Gasteiger partial charge in [-0.15, -0.1) is 0 Å². The quantitative estimate of drug-likeness (QED) is 0.767. The highest BCUT2D eigenvalue weighted by Gasteiger charge is 2.22. The van der Waals surface area contributed by atoms with Gasteiger partial charge in [0.25, 0.3) is 0 Å². The van der Waals surface area contributed by atoms with Crippen LogP contribution in [0.1, 0.15) is 17.8 Å². The molecule has 1 atom stereocenters. The summed E-state index contributed by atoms with van der Waals surface area (Å²) in [5.41, 5.74) is 1.74. The Kier molecular flexibility index (Phi) is 3.14. The molecule has 1 unspecified atom stereocenters. The van der Waals surface area contributed by atoms with Crippen LogP contribution in [0.3, 0.4) is 0 Å². The third-order valence-electron chi connectivity index (χ3n) is 2.65. The summed E-state index contributed by atoms with van der Waals surface area (Å²) in [7, 11) is 0. The van der Waals surface area contributed by atoms with Crippen molar-refractivity contribution in [2.75, 3.05) is 18.4 Å². The molecule has 0 spiro atoms. The van der Waals surface area contributed by atoms with E-state index < -0.39 is 0 Å². The van der Waals surface area contributed by atoms with E-state index in [-0.39, 0.29) is 11.8 Å². The minimum atomic E-state index is 0.00926. The van der Waals surface area contributed by atoms with Gasteiger partial charge in [-0.2, -0.15) is 0 Å². The molecular weight excluding hydrogens is 204 g/mol. The van der Waals surface area contributed by atoms with Crippen LogP contribution in [0, 0.1) is 19.8 Å². The van der Waals surface area contributed by atoms with E-state index in [1.165, 1.54) is 0 Å². The molecule has 1 aromatic rings. The average molecular weight is 220 g/mol. The molecule has 5 heteroatoms. The zero-order chi connectivity index (χ0) is 11.5. The number of rotatable bonds is 2. The fourth-order valence-electron chi connectivity index (χ4n) is 1.87. The lowest BCUT2D eigenvalue weighted by atomic mass is 10.1. The molecule has 1 fully saturated rings. The standard InChI is InChI=1S/C11H16N4O/c1-7-5-8(2)14-11(13-7)15-10(16)9-3-4-12-6-9/h5,9,12H,3-4,6H2,1-2H3,(H,13,14,15,16). The molecule has 5 nitrogen and oxygen atoms in total. The molecule has 1 amide bonds. The van der Waals surface area contributed by atoms with Crippen LogP contribution in [0.2, 0.25) is 0 Å². The maximum Gasteiger partial charge on any atom is 0.231 e. The van der Waals surface area contributed by atoms with Crippen molar-refractivity contribution in [3.05, 3.63) is 17.5 Å². The Morgan fingerprint density at radius 1 is 1.44 bits per heavy atom. The second kappa shape index (κ2) is 4.57. The third-order valence-corrected chi connectivity index (χ3v) is 2.65. The molecule has 0 bridgehead atoms. The molecule has 0 aliphatic carbocycles. The minimum absolute atomic E-state index is 0.00926. The summed E-state index contributed by atoms with van der Waals surface area (Å²) in [5, 5.41) is 5.92. The van der Waals surface area contributed by atoms with Crippen molar-refractivity contribution in [2.45, 2.75) is 20.3 Å². The number of aromatic nitrogens is 2. The molecule has 1 aromatic heterocycles. The Hall–Kier alpha value is -1.49. The van der Waals surface area contributed by atoms with Crippen LogP contribution in [0.4, 0.5) is 5.95 Å². The van der Waals surface area contributed by atoms with E-state index in [0.717, 1.165) is 30.9 Å². The van der Waals surface area contributed by atoms with Gasteiger partial charge in [0.05, 0.1) is 5.92 Å². The molecule has 1 aliphatic heterocycles. The first-order chi connectivity index (χ1) is 7.65. The number of anilines is 1. The molecule has 1 aliphatic rings. The second-order valence-corrected chi connectivity index (χ2v) is 4.15. The van der Waals surface area contributed by atoms with Gasteiger partial charge in [0.1, 0.15) is 0 Å². The average Bonchev–Trinajstić information content (AvgIpc) is 2.68. The van der Waals surface area contributed by atoms with Gasteiger partial charge in [-0.05, 0) is 32.9 Å². The lowest BCUT2D eigenvalue weighted by Crippen LogP contribution is -2.25. The number of hydrogen-bond donors (Lipinski definition) is 2. The van der Waals surface area contributed by atoms with Crippen LogP contribution in [0.25, 0.3) is 0 Å². The van der Waals surface area contributed by atoms with Crippen molar-refractivity contribution in [3.63, 3.8) is 0 Å². The van der Waals surface area contributed by atoms with E-state index >= 15 is 0 Å². The van der Waals surface area contributed by atoms with E-state index in [1.807, 2.05) is 19.9 Å². The zero-order valence-corrected chi connectivity index (χ0v) is 9.58. The normalized spacial score (nSPS) is 19.8. The number of carbonyl (C=O) groups is 1. The Balaban J connectivity index is 2.05. The summed E-state index contributed by atoms with van der Waals surface area (Å²) >= 11 is 0. The van der Waals surface area contributed by atoms with Crippen LogP contribution in [-0.4, -0.2) is 29.0 Å². The fourth-order valence-corrected chi connectivity index (χ4v) is 1.87. The summed E-state index contributed by atoms with van der Waals surface area (Å²) in [6, 6.07) is 1.88. The van der Waals surface area contributed by atoms with E-state index in [1.54, 1.807) is 0 Å². The van der Waals surface area contributed by atoms with E-state index in [9.17, 15) is 4.79 Å². The SMILES string of the molecule is Cc1cc(C)nc(NC(=O)C2CCNC2)n1. The molecular formula is C11H16N4O. The number of aryl methyl sites for hydroxylation is 2. The third kappa shape index (κ3) is 2.55. The Labute approximate surface area is 94.7 Å². The number of carbonyl (C=O) groups excluding carboxylic acids is 1. The van der Waals surface area contributed by atoms with Crippen molar-refractivity contribution < 1.29 is 4.79 Å². The molecule has 2 rings (SSSR count). The van der Waals surface area contributed by atoms with Gasteiger partial charge in [0.2, 0.25) is 11.9 Å². The number of hydrogen-bond acceptors (Lipinski definition) is 4. The molecule has 1 saturated heterocycles. The van der Waals surface area contributed by atoms with Crippen molar-refractivity contribution in [1.82, 2.24) is 15.3 Å². The summed E-state index contributed by atoms with van der Waals surface area (Å²) in [4.78, 5) is 20.2. The summed E-state index contributed by atoms with van der Waals surface area (Å²) in [6.07, 6.45) is 0.886. The first kappa shape index (κ1) is 11.0. The molecule has 16 heavy (non-hydrogen) atoms. The summed E-state index contributed by atoms with van der Waals surface area (Å²) in [5.74, 6) is 0.466. The van der Waals surface area contributed by atoms with Gasteiger partial charge in [-0.25, -0.2) is 9.97 Å². The molecule has 86 valence electrons. The van der Waals surface area contributed by atoms with Crippen molar-refractivity contribution >= 4 is 11.9 Å². The molecule has 0 aromatic carbocycles. The van der Waals surface area contributed by atoms with E-state index in [2.05, 4.69) is 20.6 Å². The highest BCUT2D eigenvalue weighted by molar-refractivity contribution is 5.91. The second-order valence-electron chi connectivity index (χ2n) is 4.15. The summed E-state index contributed by atoms with van der Waals surface area (Å²) in [6.45, 7) is 5.44. The highest BCUT2D eigenvalue weighted by Crippen LogP contribution is 2.11. The van der Waals surface area contributed by atoms with Gasteiger partial charge in [-0.3, -0.25) is 10.1 Å². The molecule has 2 heterocycles. The Morgan fingerprint density at radius 2 is 2.12 bits per heavy atom. The Morgan fingerprint density at radius 3 is 2.69 bits per heavy atom. The Bertz CT molecular complexity index is 379. The topological polar surface area (TPSA) is 66.9 Å². The fraction of sp³-hybridized carbons (Fsp3) is 0.545. The van der Waals surface area contributed by atoms with Gasteiger partial charge < -0.3 is 5.32 Å². The zero-order valence-electron chi connectivity index (χ0n) is 9.58. The lowest BCUT2D eigenvalue weighted by Gasteiger charge is -2.09. The highest BCUT2D eigenvalue weighted by atomic mass is 16.2. The number of nitrogens with one attached hydrogen (secondary N) is 2. The van der Waals surface area contributed by atoms with Gasteiger partial charge in [0, 0.05) is 17.9 Å². The van der Waals surface area contributed by atoms with Crippen LogP contribution < -0.4 is 10.6 Å². The smallest absolute Gasteiger partial charge is 0.231 e. The first-order valence-corrected chi connectivity index (χ1v) is 5.49. The van der Waals surface area contributed by atoms with Gasteiger partial charge >= 0.3 is 0 Å². The van der Waals surface area contributed by atoms with Gasteiger partial charge in [-0.1, -0.05) is 0 Å². The monoisotopic (exact) mass is 220 g/mol. The summed E-state index contributed by atoms with van der Waals surface area (Å²) < 4.78 is 0. The van der Waals surface area contributed by atoms with Crippen molar-refractivity contribution in [1.29, 1.82) is 0 Å². The van der Waals surface area contributed by atoms with E-state index in [0.29, 0.717) is 5.95 Å². The maximum atomic E-state index is 11.8. The van der Waals surface area contributed by atoms with Crippen molar-refractivity contribution in [2.24, 2.45) is 5.92 Å². The molecule has 2 N–H and O–H groups in total. The van der Waals surface area contributed by atoms with Crippen LogP contribution >= 0.6 is 0 Å². The van der Waals surface area contributed by atoms with Gasteiger partial charge in [0.15, 0.2) is 0 Å². The first-order valence-electron chi connectivity index (χ1n) is 5.49.